The predicted octanol–water partition coefficient (Wildman–Crippen LogP) is 2.23. The lowest BCUT2D eigenvalue weighted by atomic mass is 9.99. The first-order valence-corrected chi connectivity index (χ1v) is 9.19. The molecule has 1 atom stereocenters. The molecular weight excluding hydrogens is 438 g/mol. The Bertz CT molecular complexity index is 978. The van der Waals surface area contributed by atoms with Crippen LogP contribution < -0.4 is 21.5 Å². The Morgan fingerprint density at radius 3 is 2.69 bits per heavy atom. The molecule has 14 heteroatoms. The van der Waals surface area contributed by atoms with Crippen molar-refractivity contribution in [2.45, 2.75) is 25.2 Å². The van der Waals surface area contributed by atoms with Crippen molar-refractivity contribution in [2.24, 2.45) is 5.73 Å². The first-order chi connectivity index (χ1) is 15.0. The summed E-state index contributed by atoms with van der Waals surface area (Å²) in [7, 11) is 0. The molecule has 10 nitrogen and oxygen atoms in total. The van der Waals surface area contributed by atoms with Gasteiger partial charge in [0.05, 0.1) is 31.1 Å². The number of anilines is 2. The molecule has 0 saturated heterocycles. The van der Waals surface area contributed by atoms with E-state index in [0.29, 0.717) is 0 Å². The number of amidine groups is 1. The van der Waals surface area contributed by atoms with Crippen molar-refractivity contribution in [1.82, 2.24) is 15.0 Å². The minimum atomic E-state index is -3.62. The lowest BCUT2D eigenvalue weighted by Crippen LogP contribution is -2.34. The van der Waals surface area contributed by atoms with Crippen LogP contribution in [0.2, 0.25) is 0 Å². The van der Waals surface area contributed by atoms with Crippen LogP contribution in [0, 0.1) is 11.2 Å². The largest absolute Gasteiger partial charge is 0.476 e. The summed E-state index contributed by atoms with van der Waals surface area (Å²) in [6.07, 6.45) is 1.24. The van der Waals surface area contributed by atoms with E-state index < -0.39 is 48.6 Å². The zero-order chi connectivity index (χ0) is 23.9. The Balaban J connectivity index is 2.16. The number of nitrogens with two attached hydrogens (primary N) is 2. The molecule has 2 aromatic heterocycles. The maximum absolute atomic E-state index is 14.3. The molecule has 0 aromatic carbocycles. The highest BCUT2D eigenvalue weighted by Gasteiger charge is 2.41. The summed E-state index contributed by atoms with van der Waals surface area (Å²) >= 11 is 0. The fraction of sp³-hybridized carbons (Fsp3) is 0.389. The number of nitrogen functional groups attached to an aromatic ring is 1. The second-order valence-electron chi connectivity index (χ2n) is 6.49. The lowest BCUT2D eigenvalue weighted by molar-refractivity contribution is -0.0659. The molecule has 32 heavy (non-hydrogen) atoms. The van der Waals surface area contributed by atoms with E-state index in [1.807, 2.05) is 0 Å². The van der Waals surface area contributed by atoms with Crippen molar-refractivity contribution in [1.29, 1.82) is 5.41 Å². The SMILES string of the molecule is C[C@@H](c1nc(NC(=O)c2ncc(OCCCF)nc2N)ccc1F)C(F)(F)COC(=N)N. The van der Waals surface area contributed by atoms with Gasteiger partial charge >= 0.3 is 0 Å². The number of ether oxygens (including phenoxy) is 2. The summed E-state index contributed by atoms with van der Waals surface area (Å²) in [6.45, 7) is -0.790. The van der Waals surface area contributed by atoms with Gasteiger partial charge in [0.1, 0.15) is 11.6 Å². The number of hydrogen-bond acceptors (Lipinski definition) is 8. The standard InChI is InChI=1S/C18H21F4N7O3/c1-9(18(21,22)8-32-17(24)25)13-10(20)3-4-11(27-13)28-16(30)14-15(23)29-12(7-26-14)31-6-2-5-19/h3-4,7,9H,2,5-6,8H2,1H3,(H2,23,29)(H3,24,25)(H,27,28,30)/t9-/m0/s1. The third-order valence-electron chi connectivity index (χ3n) is 4.10. The van der Waals surface area contributed by atoms with Crippen LogP contribution in [-0.4, -0.2) is 52.7 Å². The van der Waals surface area contributed by atoms with Gasteiger partial charge in [0, 0.05) is 6.42 Å². The quantitative estimate of drug-likeness (QED) is 0.182. The zero-order valence-electron chi connectivity index (χ0n) is 16.9. The number of nitrogens with zero attached hydrogens (tertiary/aromatic N) is 3. The van der Waals surface area contributed by atoms with Crippen LogP contribution in [0.15, 0.2) is 18.3 Å². The summed E-state index contributed by atoms with van der Waals surface area (Å²) < 4.78 is 64.2. The summed E-state index contributed by atoms with van der Waals surface area (Å²) in [6, 6.07) is 1.00. The summed E-state index contributed by atoms with van der Waals surface area (Å²) in [4.78, 5) is 23.8. The maximum Gasteiger partial charge on any atom is 0.289 e. The molecule has 0 aliphatic carbocycles. The first-order valence-electron chi connectivity index (χ1n) is 9.19. The molecule has 6 N–H and O–H groups in total. The van der Waals surface area contributed by atoms with E-state index in [1.54, 1.807) is 0 Å². The number of amides is 1. The molecule has 0 bridgehead atoms. The highest BCUT2D eigenvalue weighted by atomic mass is 19.3. The summed E-state index contributed by atoms with van der Waals surface area (Å²) in [5.41, 5.74) is 9.63. The smallest absolute Gasteiger partial charge is 0.289 e. The number of pyridine rings is 1. The van der Waals surface area contributed by atoms with Gasteiger partial charge < -0.3 is 26.3 Å². The van der Waals surface area contributed by atoms with Crippen LogP contribution in [0.3, 0.4) is 0 Å². The molecule has 2 rings (SSSR count). The number of carbonyl (C=O) groups excluding carboxylic acids is 1. The van der Waals surface area contributed by atoms with Crippen molar-refractivity contribution < 1.29 is 31.8 Å². The number of carbonyl (C=O) groups is 1. The van der Waals surface area contributed by atoms with E-state index in [1.165, 1.54) is 0 Å². The average Bonchev–Trinajstić information content (AvgIpc) is 2.73. The van der Waals surface area contributed by atoms with Crippen molar-refractivity contribution >= 4 is 23.6 Å². The first kappa shape index (κ1) is 24.6. The normalized spacial score (nSPS) is 12.2. The molecule has 0 aliphatic heterocycles. The van der Waals surface area contributed by atoms with Crippen molar-refractivity contribution in [3.05, 3.63) is 35.5 Å². The summed E-state index contributed by atoms with van der Waals surface area (Å²) in [5, 5.41) is 9.14. The Labute approximate surface area is 179 Å². The van der Waals surface area contributed by atoms with Gasteiger partial charge in [-0.2, -0.15) is 4.98 Å². The Morgan fingerprint density at radius 2 is 2.06 bits per heavy atom. The molecule has 0 unspecified atom stereocenters. The van der Waals surface area contributed by atoms with Gasteiger partial charge in [-0.05, 0) is 12.1 Å². The van der Waals surface area contributed by atoms with Crippen LogP contribution in [0.4, 0.5) is 29.2 Å². The van der Waals surface area contributed by atoms with Gasteiger partial charge in [0.25, 0.3) is 17.9 Å². The maximum atomic E-state index is 14.3. The fourth-order valence-electron chi connectivity index (χ4n) is 2.37. The molecule has 0 fully saturated rings. The number of hydrogen-bond donors (Lipinski definition) is 4. The molecule has 0 saturated carbocycles. The van der Waals surface area contributed by atoms with Crippen LogP contribution >= 0.6 is 0 Å². The van der Waals surface area contributed by atoms with Gasteiger partial charge in [-0.25, -0.2) is 23.1 Å². The van der Waals surface area contributed by atoms with Gasteiger partial charge in [-0.1, -0.05) is 6.92 Å². The molecule has 1 amide bonds. The molecule has 0 spiro atoms. The second kappa shape index (κ2) is 10.5. The highest BCUT2D eigenvalue weighted by Crippen LogP contribution is 2.34. The van der Waals surface area contributed by atoms with Crippen molar-refractivity contribution in [2.75, 3.05) is 30.9 Å². The van der Waals surface area contributed by atoms with Crippen molar-refractivity contribution in [3.63, 3.8) is 0 Å². The number of nitrogens with one attached hydrogen (secondary N) is 2. The van der Waals surface area contributed by atoms with Crippen LogP contribution in [-0.2, 0) is 4.74 Å². The van der Waals surface area contributed by atoms with E-state index in [-0.39, 0.29) is 36.2 Å². The minimum absolute atomic E-state index is 0.0153. The molecule has 2 aromatic rings. The molecule has 0 radical (unpaired) electrons. The zero-order valence-corrected chi connectivity index (χ0v) is 16.9. The van der Waals surface area contributed by atoms with E-state index in [2.05, 4.69) is 25.0 Å². The number of halogens is 4. The third kappa shape index (κ3) is 6.39. The third-order valence-corrected chi connectivity index (χ3v) is 4.10. The van der Waals surface area contributed by atoms with Crippen LogP contribution in [0.25, 0.3) is 0 Å². The second-order valence-corrected chi connectivity index (χ2v) is 6.49. The lowest BCUT2D eigenvalue weighted by Gasteiger charge is -2.23. The van der Waals surface area contributed by atoms with E-state index in [0.717, 1.165) is 25.3 Å². The van der Waals surface area contributed by atoms with E-state index >= 15 is 0 Å². The predicted molar refractivity (Wildman–Crippen MR) is 106 cm³/mol. The Morgan fingerprint density at radius 1 is 1.34 bits per heavy atom. The van der Waals surface area contributed by atoms with E-state index in [9.17, 15) is 22.4 Å². The van der Waals surface area contributed by atoms with Gasteiger partial charge in [-0.3, -0.25) is 14.6 Å². The molecule has 2 heterocycles. The molecular formula is C18H21F4N7O3. The number of aromatic nitrogens is 3. The highest BCUT2D eigenvalue weighted by molar-refractivity contribution is 6.05. The molecule has 0 aliphatic rings. The van der Waals surface area contributed by atoms with Gasteiger partial charge in [-0.15, -0.1) is 0 Å². The molecule has 174 valence electrons. The fourth-order valence-corrected chi connectivity index (χ4v) is 2.37. The number of rotatable bonds is 10. The average molecular weight is 459 g/mol. The van der Waals surface area contributed by atoms with Crippen molar-refractivity contribution in [3.8, 4) is 5.88 Å². The van der Waals surface area contributed by atoms with Gasteiger partial charge in [0.15, 0.2) is 18.1 Å². The monoisotopic (exact) mass is 459 g/mol. The minimum Gasteiger partial charge on any atom is -0.476 e. The Kier molecular flexibility index (Phi) is 8.09. The summed E-state index contributed by atoms with van der Waals surface area (Å²) in [5.74, 6) is -7.87. The van der Waals surface area contributed by atoms with Crippen LogP contribution in [0.1, 0.15) is 35.4 Å². The van der Waals surface area contributed by atoms with Gasteiger partial charge in [0.2, 0.25) is 5.88 Å². The number of alkyl halides is 3. The topological polar surface area (TPSA) is 162 Å². The van der Waals surface area contributed by atoms with E-state index in [4.69, 9.17) is 21.6 Å². The van der Waals surface area contributed by atoms with Crippen LogP contribution in [0.5, 0.6) is 5.88 Å². The Hall–Kier alpha value is -3.71.